The SMILES string of the molecule is Cc1cc2nc(NC(=O)c3ccc([N+](=O)[O-])s3)sc2cc1C. The molecule has 112 valence electrons. The number of thiophene rings is 1. The minimum absolute atomic E-state index is 0.0549. The summed E-state index contributed by atoms with van der Waals surface area (Å²) in [6, 6.07) is 6.78. The van der Waals surface area contributed by atoms with Gasteiger partial charge in [0.1, 0.15) is 0 Å². The third-order valence-electron chi connectivity index (χ3n) is 3.22. The quantitative estimate of drug-likeness (QED) is 0.577. The van der Waals surface area contributed by atoms with Crippen molar-refractivity contribution >= 4 is 48.9 Å². The van der Waals surface area contributed by atoms with Crippen molar-refractivity contribution in [2.24, 2.45) is 0 Å². The van der Waals surface area contributed by atoms with Crippen LogP contribution in [0.15, 0.2) is 24.3 Å². The van der Waals surface area contributed by atoms with Gasteiger partial charge in [0.05, 0.1) is 20.0 Å². The van der Waals surface area contributed by atoms with E-state index in [-0.39, 0.29) is 10.9 Å². The van der Waals surface area contributed by atoms with Crippen LogP contribution in [0.25, 0.3) is 10.2 Å². The molecule has 2 aromatic heterocycles. The van der Waals surface area contributed by atoms with Crippen molar-refractivity contribution in [2.45, 2.75) is 13.8 Å². The van der Waals surface area contributed by atoms with E-state index >= 15 is 0 Å². The molecular formula is C14H11N3O3S2. The first-order valence-corrected chi connectivity index (χ1v) is 8.00. The Labute approximate surface area is 133 Å². The molecule has 0 aliphatic rings. The van der Waals surface area contributed by atoms with E-state index in [1.165, 1.54) is 29.0 Å². The molecule has 1 aromatic carbocycles. The Kier molecular flexibility index (Phi) is 3.63. The number of fused-ring (bicyclic) bond motifs is 1. The van der Waals surface area contributed by atoms with Crippen LogP contribution < -0.4 is 5.32 Å². The monoisotopic (exact) mass is 333 g/mol. The maximum atomic E-state index is 12.1. The highest BCUT2D eigenvalue weighted by molar-refractivity contribution is 7.22. The van der Waals surface area contributed by atoms with E-state index in [1.54, 1.807) is 0 Å². The summed E-state index contributed by atoms with van der Waals surface area (Å²) in [4.78, 5) is 26.9. The lowest BCUT2D eigenvalue weighted by atomic mass is 10.1. The third kappa shape index (κ3) is 2.70. The predicted molar refractivity (Wildman–Crippen MR) is 88.0 cm³/mol. The van der Waals surface area contributed by atoms with Crippen LogP contribution in [-0.2, 0) is 0 Å². The second-order valence-corrected chi connectivity index (χ2v) is 6.87. The molecule has 1 amide bonds. The number of hydrogen-bond acceptors (Lipinski definition) is 6. The number of thiazole rings is 1. The number of carbonyl (C=O) groups is 1. The lowest BCUT2D eigenvalue weighted by Crippen LogP contribution is -2.09. The van der Waals surface area contributed by atoms with Gasteiger partial charge in [0, 0.05) is 6.07 Å². The second-order valence-electron chi connectivity index (χ2n) is 4.77. The topological polar surface area (TPSA) is 85.1 Å². The molecule has 0 unspecified atom stereocenters. The normalized spacial score (nSPS) is 10.8. The summed E-state index contributed by atoms with van der Waals surface area (Å²) in [6.45, 7) is 4.04. The van der Waals surface area contributed by atoms with Gasteiger partial charge in [-0.15, -0.1) is 0 Å². The van der Waals surface area contributed by atoms with Crippen molar-refractivity contribution in [3.05, 3.63) is 50.4 Å². The van der Waals surface area contributed by atoms with Crippen LogP contribution in [0.1, 0.15) is 20.8 Å². The van der Waals surface area contributed by atoms with Gasteiger partial charge in [0.15, 0.2) is 5.13 Å². The van der Waals surface area contributed by atoms with E-state index in [2.05, 4.69) is 10.3 Å². The molecule has 0 saturated carbocycles. The highest BCUT2D eigenvalue weighted by atomic mass is 32.1. The summed E-state index contributed by atoms with van der Waals surface area (Å²) in [6.07, 6.45) is 0. The molecule has 8 heteroatoms. The zero-order valence-corrected chi connectivity index (χ0v) is 13.4. The number of anilines is 1. The number of amides is 1. The molecule has 0 aliphatic carbocycles. The van der Waals surface area contributed by atoms with Gasteiger partial charge in [-0.2, -0.15) is 0 Å². The molecule has 0 saturated heterocycles. The van der Waals surface area contributed by atoms with E-state index in [0.717, 1.165) is 27.1 Å². The number of nitrogens with one attached hydrogen (secondary N) is 1. The Bertz CT molecular complexity index is 859. The number of benzene rings is 1. The second kappa shape index (κ2) is 5.47. The van der Waals surface area contributed by atoms with Gasteiger partial charge < -0.3 is 0 Å². The van der Waals surface area contributed by atoms with Crippen molar-refractivity contribution in [1.82, 2.24) is 4.98 Å². The molecule has 0 aliphatic heterocycles. The van der Waals surface area contributed by atoms with Gasteiger partial charge in [-0.1, -0.05) is 22.7 Å². The average molecular weight is 333 g/mol. The molecule has 0 bridgehead atoms. The molecule has 2 heterocycles. The van der Waals surface area contributed by atoms with Crippen molar-refractivity contribution in [3.63, 3.8) is 0 Å². The summed E-state index contributed by atoms with van der Waals surface area (Å²) < 4.78 is 0.996. The Morgan fingerprint density at radius 3 is 2.64 bits per heavy atom. The van der Waals surface area contributed by atoms with E-state index in [1.807, 2.05) is 26.0 Å². The van der Waals surface area contributed by atoms with Gasteiger partial charge in [-0.3, -0.25) is 20.2 Å². The minimum Gasteiger partial charge on any atom is -0.297 e. The average Bonchev–Trinajstić information content (AvgIpc) is 3.06. The molecule has 1 N–H and O–H groups in total. The van der Waals surface area contributed by atoms with E-state index in [4.69, 9.17) is 0 Å². The van der Waals surface area contributed by atoms with Crippen LogP contribution in [0.3, 0.4) is 0 Å². The van der Waals surface area contributed by atoms with Gasteiger partial charge in [0.2, 0.25) is 0 Å². The Balaban J connectivity index is 1.85. The van der Waals surface area contributed by atoms with E-state index in [0.29, 0.717) is 10.0 Å². The van der Waals surface area contributed by atoms with Gasteiger partial charge in [-0.25, -0.2) is 4.98 Å². The van der Waals surface area contributed by atoms with Crippen molar-refractivity contribution in [1.29, 1.82) is 0 Å². The standard InChI is InChI=1S/C14H11N3O3S2/c1-7-5-9-11(6-8(7)2)22-14(15-9)16-13(18)10-3-4-12(21-10)17(19)20/h3-6H,1-2H3,(H,15,16,18). The van der Waals surface area contributed by atoms with Gasteiger partial charge in [-0.05, 0) is 43.2 Å². The minimum atomic E-state index is -0.509. The number of rotatable bonds is 3. The van der Waals surface area contributed by atoms with Crippen molar-refractivity contribution < 1.29 is 9.72 Å². The maximum Gasteiger partial charge on any atom is 0.324 e. The number of aryl methyl sites for hydroxylation is 2. The molecule has 0 radical (unpaired) electrons. The fourth-order valence-electron chi connectivity index (χ4n) is 1.94. The van der Waals surface area contributed by atoms with Crippen LogP contribution in [0, 0.1) is 24.0 Å². The first-order chi connectivity index (χ1) is 10.4. The number of nitrogens with zero attached hydrogens (tertiary/aromatic N) is 2. The Morgan fingerprint density at radius 1 is 1.23 bits per heavy atom. The van der Waals surface area contributed by atoms with Crippen LogP contribution in [-0.4, -0.2) is 15.8 Å². The van der Waals surface area contributed by atoms with Crippen molar-refractivity contribution in [3.8, 4) is 0 Å². The van der Waals surface area contributed by atoms with E-state index in [9.17, 15) is 14.9 Å². The Hall–Kier alpha value is -2.32. The van der Waals surface area contributed by atoms with Crippen LogP contribution in [0.5, 0.6) is 0 Å². The smallest absolute Gasteiger partial charge is 0.297 e. The van der Waals surface area contributed by atoms with Gasteiger partial charge in [0.25, 0.3) is 5.91 Å². The first-order valence-electron chi connectivity index (χ1n) is 6.37. The van der Waals surface area contributed by atoms with Crippen molar-refractivity contribution in [2.75, 3.05) is 5.32 Å². The molecule has 0 fully saturated rings. The zero-order chi connectivity index (χ0) is 15.9. The van der Waals surface area contributed by atoms with Crippen LogP contribution in [0.4, 0.5) is 10.1 Å². The number of carbonyl (C=O) groups excluding carboxylic acids is 1. The first kappa shape index (κ1) is 14.6. The molecular weight excluding hydrogens is 322 g/mol. The molecule has 0 spiro atoms. The lowest BCUT2D eigenvalue weighted by Gasteiger charge is -1.97. The fourth-order valence-corrected chi connectivity index (χ4v) is 3.60. The summed E-state index contributed by atoms with van der Waals surface area (Å²) >= 11 is 2.23. The summed E-state index contributed by atoms with van der Waals surface area (Å²) in [5, 5.41) is 13.8. The van der Waals surface area contributed by atoms with Crippen LogP contribution >= 0.6 is 22.7 Å². The largest absolute Gasteiger partial charge is 0.324 e. The molecule has 22 heavy (non-hydrogen) atoms. The number of hydrogen-bond donors (Lipinski definition) is 1. The molecule has 0 atom stereocenters. The molecule has 6 nitrogen and oxygen atoms in total. The number of aromatic nitrogens is 1. The fraction of sp³-hybridized carbons (Fsp3) is 0.143. The van der Waals surface area contributed by atoms with E-state index < -0.39 is 4.92 Å². The Morgan fingerprint density at radius 2 is 1.95 bits per heavy atom. The summed E-state index contributed by atoms with van der Waals surface area (Å²) in [5.74, 6) is -0.384. The maximum absolute atomic E-state index is 12.1. The third-order valence-corrected chi connectivity index (χ3v) is 5.19. The molecule has 3 aromatic rings. The highest BCUT2D eigenvalue weighted by Gasteiger charge is 2.16. The number of nitro groups is 1. The summed E-state index contributed by atoms with van der Waals surface area (Å²) in [5.41, 5.74) is 3.15. The highest BCUT2D eigenvalue weighted by Crippen LogP contribution is 2.30. The summed E-state index contributed by atoms with van der Waals surface area (Å²) in [7, 11) is 0. The zero-order valence-electron chi connectivity index (χ0n) is 11.7. The van der Waals surface area contributed by atoms with Gasteiger partial charge >= 0.3 is 5.00 Å². The molecule has 3 rings (SSSR count). The predicted octanol–water partition coefficient (Wildman–Crippen LogP) is 4.14. The lowest BCUT2D eigenvalue weighted by molar-refractivity contribution is -0.380. The van der Waals surface area contributed by atoms with Crippen LogP contribution in [0.2, 0.25) is 0 Å².